The third-order valence-electron chi connectivity index (χ3n) is 6.88. The fourth-order valence-electron chi connectivity index (χ4n) is 4.74. The summed E-state index contributed by atoms with van der Waals surface area (Å²) in [5.41, 5.74) is 5.59. The molecule has 1 aliphatic rings. The quantitative estimate of drug-likeness (QED) is 0.175. The van der Waals surface area contributed by atoms with Crippen LogP contribution in [0.3, 0.4) is 0 Å². The summed E-state index contributed by atoms with van der Waals surface area (Å²) < 4.78 is 29.1. The van der Waals surface area contributed by atoms with Gasteiger partial charge in [0.05, 0.1) is 11.3 Å². The number of carboxylic acid groups (broad SMARTS) is 1. The molecule has 12 nitrogen and oxygen atoms in total. The van der Waals surface area contributed by atoms with Crippen LogP contribution in [0, 0.1) is 11.3 Å². The molecule has 1 aliphatic heterocycles. The number of fused-ring (bicyclic) bond motifs is 1. The number of unbranched alkanes of at least 4 members (excludes halogenated alkanes) is 1. The highest BCUT2D eigenvalue weighted by atomic mass is 32.2. The third kappa shape index (κ3) is 8.65. The Labute approximate surface area is 234 Å². The first-order valence-corrected chi connectivity index (χ1v) is 14.9. The van der Waals surface area contributed by atoms with Crippen molar-refractivity contribution in [1.29, 1.82) is 5.41 Å². The molecule has 2 aromatic rings. The molecule has 0 aliphatic carbocycles. The van der Waals surface area contributed by atoms with Crippen LogP contribution in [0.5, 0.6) is 0 Å². The average Bonchev–Trinajstić information content (AvgIpc) is 2.93. The number of carboxylic acids is 1. The lowest BCUT2D eigenvalue weighted by Gasteiger charge is -2.33. The number of sulfonamides is 1. The molecule has 6 N–H and O–H groups in total. The fraction of sp³-hybridized carbons (Fsp3) is 0.481. The maximum atomic E-state index is 13.5. The van der Waals surface area contributed by atoms with Crippen LogP contribution in [0.4, 0.5) is 0 Å². The topological polar surface area (TPSA) is 186 Å². The molecule has 2 atom stereocenters. The van der Waals surface area contributed by atoms with Gasteiger partial charge in [-0.1, -0.05) is 43.7 Å². The van der Waals surface area contributed by atoms with Crippen LogP contribution in [0.15, 0.2) is 47.4 Å². The van der Waals surface area contributed by atoms with Crippen LogP contribution in [-0.4, -0.2) is 85.8 Å². The van der Waals surface area contributed by atoms with Crippen LogP contribution in [0.1, 0.15) is 39.0 Å². The van der Waals surface area contributed by atoms with E-state index in [1.807, 2.05) is 19.1 Å². The van der Waals surface area contributed by atoms with Crippen molar-refractivity contribution in [1.82, 2.24) is 19.8 Å². The normalized spacial score (nSPS) is 16.3. The number of benzene rings is 2. The first-order valence-electron chi connectivity index (χ1n) is 13.4. The number of rotatable bonds is 13. The van der Waals surface area contributed by atoms with Gasteiger partial charge in [0, 0.05) is 26.2 Å². The van der Waals surface area contributed by atoms with Gasteiger partial charge < -0.3 is 26.0 Å². The van der Waals surface area contributed by atoms with Crippen LogP contribution >= 0.6 is 0 Å². The Kier molecular flexibility index (Phi) is 10.8. The van der Waals surface area contributed by atoms with Gasteiger partial charge in [-0.25, -0.2) is 8.42 Å². The van der Waals surface area contributed by atoms with Gasteiger partial charge in [-0.05, 0) is 48.1 Å². The molecule has 3 rings (SSSR count). The van der Waals surface area contributed by atoms with E-state index in [2.05, 4.69) is 10.0 Å². The summed E-state index contributed by atoms with van der Waals surface area (Å²) in [7, 11) is -4.25. The highest BCUT2D eigenvalue weighted by molar-refractivity contribution is 7.89. The molecule has 13 heteroatoms. The molecule has 0 bridgehead atoms. The molecular weight excluding hydrogens is 536 g/mol. The van der Waals surface area contributed by atoms with Gasteiger partial charge in [-0.3, -0.25) is 19.8 Å². The van der Waals surface area contributed by atoms with E-state index >= 15 is 0 Å². The van der Waals surface area contributed by atoms with Gasteiger partial charge in [-0.2, -0.15) is 4.72 Å². The minimum Gasteiger partial charge on any atom is -0.480 e. The van der Waals surface area contributed by atoms with Crippen molar-refractivity contribution >= 4 is 44.5 Å². The van der Waals surface area contributed by atoms with Crippen molar-refractivity contribution in [2.75, 3.05) is 32.7 Å². The molecule has 2 amide bonds. The summed E-state index contributed by atoms with van der Waals surface area (Å²) >= 11 is 0. The number of nitrogens with zero attached hydrogens (tertiary/aromatic N) is 2. The van der Waals surface area contributed by atoms with Gasteiger partial charge in [-0.15, -0.1) is 0 Å². The molecule has 218 valence electrons. The van der Waals surface area contributed by atoms with Crippen LogP contribution in [0.25, 0.3) is 10.8 Å². The number of hydrogen-bond acceptors (Lipinski definition) is 6. The second-order valence-electron chi connectivity index (χ2n) is 10.0. The molecule has 2 aromatic carbocycles. The van der Waals surface area contributed by atoms with Crippen LogP contribution in [0.2, 0.25) is 0 Å². The summed E-state index contributed by atoms with van der Waals surface area (Å²) in [4.78, 5) is 40.6. The van der Waals surface area contributed by atoms with E-state index in [4.69, 9.17) is 11.1 Å². The number of piperidine rings is 1. The maximum absolute atomic E-state index is 13.5. The van der Waals surface area contributed by atoms with Gasteiger partial charge >= 0.3 is 5.97 Å². The molecule has 0 spiro atoms. The second kappa shape index (κ2) is 14.1. The maximum Gasteiger partial charge on any atom is 0.323 e. The Morgan fingerprint density at radius 2 is 1.93 bits per heavy atom. The van der Waals surface area contributed by atoms with Gasteiger partial charge in [0.2, 0.25) is 21.8 Å². The Hall–Kier alpha value is -3.71. The Bertz CT molecular complexity index is 1330. The van der Waals surface area contributed by atoms with Crippen molar-refractivity contribution in [3.8, 4) is 0 Å². The number of carbonyl (C=O) groups is 3. The van der Waals surface area contributed by atoms with Gasteiger partial charge in [0.15, 0.2) is 5.96 Å². The summed E-state index contributed by atoms with van der Waals surface area (Å²) in [5.74, 6) is -2.56. The van der Waals surface area contributed by atoms with Crippen molar-refractivity contribution in [3.05, 3.63) is 42.5 Å². The van der Waals surface area contributed by atoms with Crippen LogP contribution < -0.4 is 15.8 Å². The number of amides is 2. The van der Waals surface area contributed by atoms with Crippen molar-refractivity contribution < 1.29 is 27.9 Å². The van der Waals surface area contributed by atoms with Crippen molar-refractivity contribution in [2.24, 2.45) is 11.7 Å². The summed E-state index contributed by atoms with van der Waals surface area (Å²) in [6, 6.07) is 10.3. The summed E-state index contributed by atoms with van der Waals surface area (Å²) in [5, 5.41) is 21.3. The third-order valence-corrected chi connectivity index (χ3v) is 8.35. The second-order valence-corrected chi connectivity index (χ2v) is 11.8. The van der Waals surface area contributed by atoms with Crippen molar-refractivity contribution in [3.63, 3.8) is 0 Å². The first-order chi connectivity index (χ1) is 19.0. The minimum atomic E-state index is -4.25. The zero-order chi connectivity index (χ0) is 29.3. The van der Waals surface area contributed by atoms with E-state index in [0.29, 0.717) is 31.3 Å². The molecule has 0 unspecified atom stereocenters. The zero-order valence-electron chi connectivity index (χ0n) is 22.6. The molecule has 0 radical (unpaired) electrons. The lowest BCUT2D eigenvalue weighted by Crippen LogP contribution is -2.52. The molecule has 0 aromatic heterocycles. The van der Waals surface area contributed by atoms with Crippen LogP contribution in [-0.2, 0) is 24.4 Å². The Morgan fingerprint density at radius 1 is 1.20 bits per heavy atom. The largest absolute Gasteiger partial charge is 0.480 e. The Morgan fingerprint density at radius 3 is 2.60 bits per heavy atom. The number of carbonyl (C=O) groups excluding carboxylic acids is 2. The highest BCUT2D eigenvalue weighted by Gasteiger charge is 2.32. The zero-order valence-corrected chi connectivity index (χ0v) is 23.5. The predicted octanol–water partition coefficient (Wildman–Crippen LogP) is 1.31. The standard InChI is InChI=1S/C27H38N6O6S/c1-2-3-12-32(18-25(35)36)26(37)23(15-24(34)30-16-19-7-6-13-33(17-19)27(28)29)31-40(38,39)22-11-10-20-8-4-5-9-21(20)14-22/h4-5,8-11,14,19,23,31H,2-3,6-7,12-13,15-18H2,1H3,(H3,28,29)(H,30,34)(H,35,36)/t19-,23-/m0/s1. The number of nitrogens with one attached hydrogen (secondary N) is 3. The van der Waals surface area contributed by atoms with E-state index < -0.39 is 46.8 Å². The SMILES string of the molecule is CCCCN(CC(=O)O)C(=O)[C@H](CC(=O)NC[C@@H]1CCCN(C(=N)N)C1)NS(=O)(=O)c1ccc2ccccc2c1. The molecule has 1 saturated heterocycles. The van der Waals surface area contributed by atoms with E-state index in [9.17, 15) is 27.9 Å². The fourth-order valence-corrected chi connectivity index (χ4v) is 5.96. The lowest BCUT2D eigenvalue weighted by molar-refractivity contribution is -0.145. The molecular formula is C27H38N6O6S. The van der Waals surface area contributed by atoms with E-state index in [-0.39, 0.29) is 29.9 Å². The van der Waals surface area contributed by atoms with E-state index in [0.717, 1.165) is 23.1 Å². The highest BCUT2D eigenvalue weighted by Crippen LogP contribution is 2.20. The Balaban J connectivity index is 1.79. The number of hydrogen-bond donors (Lipinski definition) is 5. The number of nitrogens with two attached hydrogens (primary N) is 1. The first kappa shape index (κ1) is 30.8. The average molecular weight is 575 g/mol. The van der Waals surface area contributed by atoms with Crippen molar-refractivity contribution in [2.45, 2.75) is 50.0 Å². The molecule has 1 fully saturated rings. The molecule has 0 saturated carbocycles. The van der Waals surface area contributed by atoms with E-state index in [1.54, 1.807) is 23.1 Å². The number of likely N-dealkylation sites (tertiary alicyclic amines) is 1. The summed E-state index contributed by atoms with van der Waals surface area (Å²) in [6.45, 7) is 2.84. The van der Waals surface area contributed by atoms with Gasteiger partial charge in [0.25, 0.3) is 0 Å². The lowest BCUT2D eigenvalue weighted by atomic mass is 9.98. The smallest absolute Gasteiger partial charge is 0.323 e. The predicted molar refractivity (Wildman–Crippen MR) is 151 cm³/mol. The monoisotopic (exact) mass is 574 g/mol. The number of aliphatic carboxylic acids is 1. The summed E-state index contributed by atoms with van der Waals surface area (Å²) in [6.07, 6.45) is 2.34. The number of guanidine groups is 1. The molecule has 1 heterocycles. The van der Waals surface area contributed by atoms with E-state index in [1.165, 1.54) is 12.1 Å². The molecule has 40 heavy (non-hydrogen) atoms. The minimum absolute atomic E-state index is 0.0321. The van der Waals surface area contributed by atoms with Gasteiger partial charge in [0.1, 0.15) is 12.6 Å².